The van der Waals surface area contributed by atoms with Crippen molar-refractivity contribution in [2.45, 2.75) is 19.5 Å². The predicted octanol–water partition coefficient (Wildman–Crippen LogP) is 2.59. The highest BCUT2D eigenvalue weighted by Gasteiger charge is 2.24. The average molecular weight is 360 g/mol. The molecule has 3 rings (SSSR count). The van der Waals surface area contributed by atoms with Crippen molar-refractivity contribution in [3.05, 3.63) is 47.2 Å². The molecule has 0 spiro atoms. The maximum atomic E-state index is 5.86. The number of nitrogens with zero attached hydrogens (tertiary/aromatic N) is 2. The highest BCUT2D eigenvalue weighted by atomic mass is 32.1. The van der Waals surface area contributed by atoms with Crippen molar-refractivity contribution in [3.8, 4) is 22.3 Å². The third-order valence-electron chi connectivity index (χ3n) is 4.25. The quantitative estimate of drug-likeness (QED) is 0.702. The normalized spacial score (nSPS) is 13.4. The van der Waals surface area contributed by atoms with Gasteiger partial charge >= 0.3 is 0 Å². The van der Waals surface area contributed by atoms with Crippen LogP contribution >= 0.6 is 11.3 Å². The summed E-state index contributed by atoms with van der Waals surface area (Å²) in [7, 11) is 5.42. The van der Waals surface area contributed by atoms with E-state index in [0.717, 1.165) is 28.5 Å². The Kier molecular flexibility index (Phi) is 5.35. The molecule has 0 fully saturated rings. The van der Waals surface area contributed by atoms with Gasteiger partial charge in [0.25, 0.3) is 11.8 Å². The number of methoxy groups -OCH3 is 2. The van der Waals surface area contributed by atoms with E-state index in [-0.39, 0.29) is 6.04 Å². The molecule has 25 heavy (non-hydrogen) atoms. The van der Waals surface area contributed by atoms with Crippen LogP contribution in [-0.2, 0) is 6.54 Å². The number of aromatic nitrogens is 2. The summed E-state index contributed by atoms with van der Waals surface area (Å²) >= 11 is 1.59. The highest BCUT2D eigenvalue weighted by Crippen LogP contribution is 2.25. The monoisotopic (exact) mass is 360 g/mol. The summed E-state index contributed by atoms with van der Waals surface area (Å²) in [6, 6.07) is 9.88. The molecule has 7 heteroatoms. The maximum absolute atomic E-state index is 5.86. The molecule has 2 aromatic heterocycles. The van der Waals surface area contributed by atoms with Crippen LogP contribution in [0.3, 0.4) is 0 Å². The van der Waals surface area contributed by atoms with Crippen LogP contribution in [0, 0.1) is 0 Å². The second-order valence-electron chi connectivity index (χ2n) is 5.85. The van der Waals surface area contributed by atoms with Crippen molar-refractivity contribution in [1.29, 1.82) is 0 Å². The number of hydrogen-bond acceptors (Lipinski definition) is 6. The van der Waals surface area contributed by atoms with E-state index < -0.39 is 0 Å². The molecule has 0 amide bonds. The Labute approximate surface area is 151 Å². The minimum atomic E-state index is 0.0630. The second-order valence-corrected chi connectivity index (χ2v) is 6.79. The molecule has 0 aliphatic heterocycles. The van der Waals surface area contributed by atoms with Gasteiger partial charge in [-0.3, -0.25) is 0 Å². The molecule has 3 aromatic rings. The van der Waals surface area contributed by atoms with Crippen LogP contribution in [0.2, 0.25) is 0 Å². The maximum Gasteiger partial charge on any atom is 0.274 e. The van der Waals surface area contributed by atoms with E-state index in [4.69, 9.17) is 13.9 Å². The number of quaternary nitrogens is 1. The van der Waals surface area contributed by atoms with Crippen molar-refractivity contribution >= 4 is 11.3 Å². The molecular formula is C18H22N3O3S+. The molecule has 2 atom stereocenters. The van der Waals surface area contributed by atoms with E-state index in [1.165, 1.54) is 4.90 Å². The van der Waals surface area contributed by atoms with Gasteiger partial charge in [0.2, 0.25) is 0 Å². The van der Waals surface area contributed by atoms with Crippen molar-refractivity contribution in [3.63, 3.8) is 0 Å². The van der Waals surface area contributed by atoms with Crippen LogP contribution in [-0.4, -0.2) is 31.5 Å². The number of rotatable bonds is 7. The van der Waals surface area contributed by atoms with Crippen LogP contribution in [0.25, 0.3) is 10.8 Å². The lowest BCUT2D eigenvalue weighted by atomic mass is 10.1. The van der Waals surface area contributed by atoms with Gasteiger partial charge in [-0.1, -0.05) is 6.07 Å². The summed E-state index contributed by atoms with van der Waals surface area (Å²) in [5.41, 5.74) is 1.10. The molecule has 6 nitrogen and oxygen atoms in total. The highest BCUT2D eigenvalue weighted by molar-refractivity contribution is 7.13. The first-order valence-electron chi connectivity index (χ1n) is 8.03. The van der Waals surface area contributed by atoms with Crippen LogP contribution in [0.5, 0.6) is 11.5 Å². The Bertz CT molecular complexity index is 817. The summed E-state index contributed by atoms with van der Waals surface area (Å²) in [6.45, 7) is 2.85. The lowest BCUT2D eigenvalue weighted by molar-refractivity contribution is -0.925. The second kappa shape index (κ2) is 7.67. The standard InChI is InChI=1S/C18H21N3O3S/c1-12(17-19-20-18(24-17)16-6-5-9-25-16)21(2)11-13-7-8-14(22-3)10-15(13)23-4/h5-10,12H,11H2,1-4H3/p+1/t12-/m1/s1. The molecule has 1 N–H and O–H groups in total. The Hall–Kier alpha value is -2.38. The molecule has 0 aliphatic rings. The summed E-state index contributed by atoms with van der Waals surface area (Å²) < 4.78 is 16.6. The van der Waals surface area contributed by atoms with Crippen molar-refractivity contribution in [1.82, 2.24) is 10.2 Å². The van der Waals surface area contributed by atoms with Crippen molar-refractivity contribution in [2.75, 3.05) is 21.3 Å². The zero-order valence-corrected chi connectivity index (χ0v) is 15.6. The van der Waals surface area contributed by atoms with E-state index in [1.54, 1.807) is 25.6 Å². The van der Waals surface area contributed by atoms with Gasteiger partial charge in [0, 0.05) is 11.6 Å². The minimum absolute atomic E-state index is 0.0630. The Morgan fingerprint density at radius 3 is 2.72 bits per heavy atom. The third-order valence-corrected chi connectivity index (χ3v) is 5.10. The molecule has 0 bridgehead atoms. The van der Waals surface area contributed by atoms with E-state index in [0.29, 0.717) is 11.8 Å². The topological polar surface area (TPSA) is 61.8 Å². The zero-order chi connectivity index (χ0) is 17.8. The van der Waals surface area contributed by atoms with Crippen molar-refractivity contribution < 1.29 is 18.8 Å². The van der Waals surface area contributed by atoms with Gasteiger partial charge in [-0.25, -0.2) is 0 Å². The van der Waals surface area contributed by atoms with Crippen LogP contribution in [0.4, 0.5) is 0 Å². The first kappa shape index (κ1) is 17.4. The number of nitrogens with one attached hydrogen (secondary N) is 1. The molecule has 2 heterocycles. The molecule has 0 saturated carbocycles. The number of ether oxygens (including phenoxy) is 2. The first-order chi connectivity index (χ1) is 12.1. The predicted molar refractivity (Wildman–Crippen MR) is 96.2 cm³/mol. The van der Waals surface area contributed by atoms with Gasteiger partial charge in [-0.2, -0.15) is 0 Å². The zero-order valence-electron chi connectivity index (χ0n) is 14.8. The van der Waals surface area contributed by atoms with Gasteiger partial charge in [0.05, 0.1) is 26.1 Å². The van der Waals surface area contributed by atoms with Crippen LogP contribution in [0.15, 0.2) is 40.1 Å². The molecular weight excluding hydrogens is 338 g/mol. The van der Waals surface area contributed by atoms with Gasteiger partial charge in [0.15, 0.2) is 6.04 Å². The molecule has 1 aromatic carbocycles. The van der Waals surface area contributed by atoms with E-state index in [1.807, 2.05) is 35.7 Å². The lowest BCUT2D eigenvalue weighted by Gasteiger charge is -2.20. The summed E-state index contributed by atoms with van der Waals surface area (Å²) in [6.07, 6.45) is 0. The fourth-order valence-corrected chi connectivity index (χ4v) is 3.22. The lowest BCUT2D eigenvalue weighted by Crippen LogP contribution is -3.07. The smallest absolute Gasteiger partial charge is 0.274 e. The molecule has 1 unspecified atom stereocenters. The van der Waals surface area contributed by atoms with E-state index in [9.17, 15) is 0 Å². The Morgan fingerprint density at radius 1 is 1.20 bits per heavy atom. The van der Waals surface area contributed by atoms with E-state index >= 15 is 0 Å². The fourth-order valence-electron chi connectivity index (χ4n) is 2.57. The van der Waals surface area contributed by atoms with Gasteiger partial charge in [0.1, 0.15) is 18.0 Å². The number of hydrogen-bond donors (Lipinski definition) is 1. The Balaban J connectivity index is 1.74. The first-order valence-corrected chi connectivity index (χ1v) is 8.90. The third kappa shape index (κ3) is 3.83. The average Bonchev–Trinajstić information content (AvgIpc) is 3.32. The van der Waals surface area contributed by atoms with Crippen LogP contribution in [0.1, 0.15) is 24.4 Å². The SMILES string of the molecule is COc1ccc(C[NH+](C)[C@H](C)c2nnc(-c3cccs3)o2)c(OC)c1. The largest absolute Gasteiger partial charge is 0.497 e. The molecule has 132 valence electrons. The minimum Gasteiger partial charge on any atom is -0.497 e. The summed E-state index contributed by atoms with van der Waals surface area (Å²) in [5.74, 6) is 2.81. The number of thiophene rings is 1. The summed E-state index contributed by atoms with van der Waals surface area (Å²) in [4.78, 5) is 2.21. The van der Waals surface area contributed by atoms with Crippen molar-refractivity contribution in [2.24, 2.45) is 0 Å². The van der Waals surface area contributed by atoms with Gasteiger partial charge in [-0.15, -0.1) is 21.5 Å². The van der Waals surface area contributed by atoms with Gasteiger partial charge < -0.3 is 18.8 Å². The van der Waals surface area contributed by atoms with Gasteiger partial charge in [-0.05, 0) is 30.5 Å². The molecule has 0 radical (unpaired) electrons. The molecule has 0 saturated heterocycles. The summed E-state index contributed by atoms with van der Waals surface area (Å²) in [5, 5.41) is 10.4. The van der Waals surface area contributed by atoms with E-state index in [2.05, 4.69) is 24.2 Å². The van der Waals surface area contributed by atoms with Crippen LogP contribution < -0.4 is 14.4 Å². The Morgan fingerprint density at radius 2 is 2.04 bits per heavy atom. The fraction of sp³-hybridized carbons (Fsp3) is 0.333. The number of benzene rings is 1. The molecule has 0 aliphatic carbocycles.